The first kappa shape index (κ1) is 10.5. The minimum absolute atomic E-state index is 0.587. The lowest BCUT2D eigenvalue weighted by molar-refractivity contribution is 1.05. The highest BCUT2D eigenvalue weighted by molar-refractivity contribution is 7.99. The molecule has 0 radical (unpaired) electrons. The minimum atomic E-state index is 0.587. The lowest BCUT2D eigenvalue weighted by atomic mass is 10.2. The van der Waals surface area contributed by atoms with Crippen molar-refractivity contribution in [3.05, 3.63) is 47.4 Å². The van der Waals surface area contributed by atoms with Crippen LogP contribution in [0.4, 0.5) is 0 Å². The molecule has 2 rings (SSSR count). The Morgan fingerprint density at radius 2 is 2.20 bits per heavy atom. The topological polar surface area (TPSA) is 25.8 Å². The van der Waals surface area contributed by atoms with Gasteiger partial charge in [-0.05, 0) is 19.1 Å². The van der Waals surface area contributed by atoms with Gasteiger partial charge in [-0.15, -0.1) is 0 Å². The molecule has 0 bridgehead atoms. The van der Waals surface area contributed by atoms with E-state index in [9.17, 15) is 0 Å². The monoisotopic (exact) mass is 236 g/mol. The van der Waals surface area contributed by atoms with Gasteiger partial charge in [0.1, 0.15) is 11.4 Å². The molecule has 0 fully saturated rings. The number of aromatic nitrogens is 2. The van der Waals surface area contributed by atoms with E-state index in [4.69, 9.17) is 11.6 Å². The van der Waals surface area contributed by atoms with E-state index in [0.29, 0.717) is 5.02 Å². The Balaban J connectivity index is 2.26. The van der Waals surface area contributed by atoms with Gasteiger partial charge in [0.15, 0.2) is 0 Å². The summed E-state index contributed by atoms with van der Waals surface area (Å²) in [5.41, 5.74) is 1.23. The predicted molar refractivity (Wildman–Crippen MR) is 62.3 cm³/mol. The maximum Gasteiger partial charge on any atom is 0.123 e. The van der Waals surface area contributed by atoms with Crippen LogP contribution < -0.4 is 0 Å². The molecule has 0 saturated heterocycles. The molecule has 1 aromatic carbocycles. The second-order valence-electron chi connectivity index (χ2n) is 3.09. The normalized spacial score (nSPS) is 10.3. The minimum Gasteiger partial charge on any atom is -0.243 e. The lowest BCUT2D eigenvalue weighted by Gasteiger charge is -2.02. The molecule has 0 aliphatic heterocycles. The van der Waals surface area contributed by atoms with Gasteiger partial charge in [0, 0.05) is 4.90 Å². The second kappa shape index (κ2) is 4.64. The Bertz CT molecular complexity index is 474. The molecule has 76 valence electrons. The Morgan fingerprint density at radius 3 is 2.93 bits per heavy atom. The average molecular weight is 237 g/mol. The molecule has 2 aromatic rings. The first-order valence-corrected chi connectivity index (χ1v) is 5.65. The van der Waals surface area contributed by atoms with Crippen LogP contribution in [-0.4, -0.2) is 9.97 Å². The molecule has 4 heteroatoms. The molecule has 0 spiro atoms. The molecule has 0 unspecified atom stereocenters. The zero-order valence-electron chi connectivity index (χ0n) is 8.14. The molecule has 15 heavy (non-hydrogen) atoms. The zero-order valence-corrected chi connectivity index (χ0v) is 9.72. The summed E-state index contributed by atoms with van der Waals surface area (Å²) in [5.74, 6) is 0. The van der Waals surface area contributed by atoms with Crippen molar-refractivity contribution in [1.82, 2.24) is 9.97 Å². The van der Waals surface area contributed by atoms with Gasteiger partial charge >= 0.3 is 0 Å². The second-order valence-corrected chi connectivity index (χ2v) is 4.56. The summed E-state index contributed by atoms with van der Waals surface area (Å²) in [4.78, 5) is 9.11. The fourth-order valence-corrected chi connectivity index (χ4v) is 2.25. The van der Waals surface area contributed by atoms with Crippen LogP contribution in [0.1, 0.15) is 5.56 Å². The van der Waals surface area contributed by atoms with Crippen molar-refractivity contribution in [1.29, 1.82) is 0 Å². The van der Waals surface area contributed by atoms with Crippen LogP contribution in [0, 0.1) is 6.92 Å². The number of aryl methyl sites for hydroxylation is 1. The van der Waals surface area contributed by atoms with Crippen LogP contribution in [0.5, 0.6) is 0 Å². The molecule has 0 atom stereocenters. The van der Waals surface area contributed by atoms with E-state index in [1.54, 1.807) is 18.0 Å². The summed E-state index contributed by atoms with van der Waals surface area (Å²) >= 11 is 7.51. The average Bonchev–Trinajstić information content (AvgIpc) is 2.22. The van der Waals surface area contributed by atoms with Crippen molar-refractivity contribution in [2.24, 2.45) is 0 Å². The van der Waals surface area contributed by atoms with Gasteiger partial charge in [-0.2, -0.15) is 0 Å². The first-order chi connectivity index (χ1) is 7.25. The molecule has 1 aromatic heterocycles. The largest absolute Gasteiger partial charge is 0.243 e. The summed E-state index contributed by atoms with van der Waals surface area (Å²) in [6.45, 7) is 2.06. The third-order valence-electron chi connectivity index (χ3n) is 1.84. The van der Waals surface area contributed by atoms with E-state index >= 15 is 0 Å². The molecule has 2 nitrogen and oxygen atoms in total. The number of hydrogen-bond acceptors (Lipinski definition) is 3. The van der Waals surface area contributed by atoms with Gasteiger partial charge in [-0.3, -0.25) is 0 Å². The molecule has 0 N–H and O–H groups in total. The molecule has 0 aliphatic carbocycles. The van der Waals surface area contributed by atoms with Gasteiger partial charge < -0.3 is 0 Å². The number of hydrogen-bond donors (Lipinski definition) is 0. The van der Waals surface area contributed by atoms with Crippen LogP contribution in [-0.2, 0) is 0 Å². The summed E-state index contributed by atoms with van der Waals surface area (Å²) in [6, 6.07) is 8.22. The van der Waals surface area contributed by atoms with Gasteiger partial charge in [-0.25, -0.2) is 9.97 Å². The van der Waals surface area contributed by atoms with E-state index in [1.807, 2.05) is 12.1 Å². The van der Waals surface area contributed by atoms with Gasteiger partial charge in [0.2, 0.25) is 0 Å². The Morgan fingerprint density at radius 1 is 1.33 bits per heavy atom. The number of halogens is 1. The number of nitrogens with zero attached hydrogens (tertiary/aromatic N) is 2. The number of rotatable bonds is 2. The Hall–Kier alpha value is -1.06. The fourth-order valence-electron chi connectivity index (χ4n) is 1.17. The third-order valence-corrected chi connectivity index (χ3v) is 3.23. The summed E-state index contributed by atoms with van der Waals surface area (Å²) in [5, 5.41) is 1.38. The molecular weight excluding hydrogens is 228 g/mol. The van der Waals surface area contributed by atoms with Gasteiger partial charge in [-0.1, -0.05) is 41.1 Å². The smallest absolute Gasteiger partial charge is 0.123 e. The summed E-state index contributed by atoms with van der Waals surface area (Å²) in [6.07, 6.45) is 3.11. The SMILES string of the molecule is Cc1cccc(Sc2ncncc2Cl)c1. The van der Waals surface area contributed by atoms with Crippen molar-refractivity contribution in [3.8, 4) is 0 Å². The van der Waals surface area contributed by atoms with Crippen LogP contribution in [0.2, 0.25) is 5.02 Å². The molecule has 0 aliphatic rings. The van der Waals surface area contributed by atoms with E-state index in [-0.39, 0.29) is 0 Å². The van der Waals surface area contributed by atoms with Gasteiger partial charge in [0.05, 0.1) is 11.2 Å². The summed E-state index contributed by atoms with van der Waals surface area (Å²) in [7, 11) is 0. The van der Waals surface area contributed by atoms with E-state index in [1.165, 1.54) is 11.9 Å². The maximum atomic E-state index is 5.97. The van der Waals surface area contributed by atoms with E-state index in [0.717, 1.165) is 9.92 Å². The fraction of sp³-hybridized carbons (Fsp3) is 0.0909. The quantitative estimate of drug-likeness (QED) is 0.746. The maximum absolute atomic E-state index is 5.97. The van der Waals surface area contributed by atoms with Crippen LogP contribution >= 0.6 is 23.4 Å². The Kier molecular flexibility index (Phi) is 3.23. The van der Waals surface area contributed by atoms with Crippen molar-refractivity contribution in [2.45, 2.75) is 16.8 Å². The van der Waals surface area contributed by atoms with Crippen molar-refractivity contribution < 1.29 is 0 Å². The zero-order chi connectivity index (χ0) is 10.7. The third kappa shape index (κ3) is 2.70. The predicted octanol–water partition coefficient (Wildman–Crippen LogP) is 3.59. The number of benzene rings is 1. The van der Waals surface area contributed by atoms with Gasteiger partial charge in [0.25, 0.3) is 0 Å². The molecule has 1 heterocycles. The summed E-state index contributed by atoms with van der Waals surface area (Å²) < 4.78 is 0. The van der Waals surface area contributed by atoms with Crippen LogP contribution in [0.15, 0.2) is 46.7 Å². The van der Waals surface area contributed by atoms with Crippen molar-refractivity contribution >= 4 is 23.4 Å². The highest BCUT2D eigenvalue weighted by atomic mass is 35.5. The first-order valence-electron chi connectivity index (χ1n) is 4.46. The molecule has 0 amide bonds. The van der Waals surface area contributed by atoms with Crippen molar-refractivity contribution in [2.75, 3.05) is 0 Å². The van der Waals surface area contributed by atoms with E-state index in [2.05, 4.69) is 29.0 Å². The highest BCUT2D eigenvalue weighted by Crippen LogP contribution is 2.30. The Labute approximate surface area is 97.7 Å². The van der Waals surface area contributed by atoms with Crippen LogP contribution in [0.25, 0.3) is 0 Å². The highest BCUT2D eigenvalue weighted by Gasteiger charge is 2.03. The van der Waals surface area contributed by atoms with Crippen LogP contribution in [0.3, 0.4) is 0 Å². The van der Waals surface area contributed by atoms with E-state index < -0.39 is 0 Å². The molecular formula is C11H9ClN2S. The standard InChI is InChI=1S/C11H9ClN2S/c1-8-3-2-4-9(5-8)15-11-10(12)6-13-7-14-11/h2-7H,1H3. The lowest BCUT2D eigenvalue weighted by Crippen LogP contribution is -1.83. The molecule has 0 saturated carbocycles. The van der Waals surface area contributed by atoms with Crippen molar-refractivity contribution in [3.63, 3.8) is 0 Å².